The zero-order chi connectivity index (χ0) is 5.28. The third-order valence-electron chi connectivity index (χ3n) is 0.823. The van der Waals surface area contributed by atoms with Gasteiger partial charge in [-0.1, -0.05) is 0 Å². The first-order valence-corrected chi connectivity index (χ1v) is 2.27. The van der Waals surface area contributed by atoms with Crippen LogP contribution < -0.4 is 5.32 Å². The molecule has 1 rings (SSSR count). The molecule has 0 unspecified atom stereocenters. The number of amides is 1. The van der Waals surface area contributed by atoms with Crippen molar-refractivity contribution >= 4 is 23.1 Å². The Morgan fingerprint density at radius 2 is 2.57 bits per heavy atom. The summed E-state index contributed by atoms with van der Waals surface area (Å²) in [4.78, 5) is 10.2. The van der Waals surface area contributed by atoms with Gasteiger partial charge in [0.25, 0.3) is 5.91 Å². The predicted molar refractivity (Wildman–Crippen MR) is 29.1 cm³/mol. The van der Waals surface area contributed by atoms with Gasteiger partial charge in [0.15, 0.2) is 0 Å². The second-order valence-corrected chi connectivity index (χ2v) is 1.47. The van der Waals surface area contributed by atoms with E-state index in [9.17, 15) is 4.79 Å². The molecule has 0 atom stereocenters. The fourth-order valence-corrected chi connectivity index (χ4v) is 0.496. The highest BCUT2D eigenvalue weighted by Gasteiger charge is 2.17. The molecular weight excluding hydrogens is 110 g/mol. The number of carbonyl (C=O) groups excluding carboxylic acids is 1. The molecule has 1 fully saturated rings. The van der Waals surface area contributed by atoms with Gasteiger partial charge in [0, 0.05) is 0 Å². The highest BCUT2D eigenvalue weighted by molar-refractivity contribution is 7.78. The Morgan fingerprint density at radius 1 is 1.86 bits per heavy atom. The van der Waals surface area contributed by atoms with Crippen LogP contribution in [-0.4, -0.2) is 17.5 Å². The average molecular weight is 113 g/mol. The maximum absolute atomic E-state index is 10.2. The highest BCUT2D eigenvalue weighted by Crippen LogP contribution is 1.95. The molecule has 0 bridgehead atoms. The molecule has 1 heterocycles. The van der Waals surface area contributed by atoms with Gasteiger partial charge in [0.1, 0.15) is 0 Å². The van der Waals surface area contributed by atoms with Crippen molar-refractivity contribution in [1.82, 2.24) is 5.32 Å². The summed E-state index contributed by atoms with van der Waals surface area (Å²) in [7, 11) is 0. The minimum absolute atomic E-state index is 0.0741. The minimum Gasteiger partial charge on any atom is -0.347 e. The Labute approximate surface area is 46.2 Å². The number of nitrogens with one attached hydrogen (secondary N) is 1. The largest absolute Gasteiger partial charge is 0.347 e. The number of thiocarbonyl (C=S) groups is 1. The summed E-state index contributed by atoms with van der Waals surface area (Å²) in [6.45, 7) is 0.600. The monoisotopic (exact) mass is 113 g/mol. The first-order valence-electron chi connectivity index (χ1n) is 1.87. The number of carbonyl (C=O) groups is 1. The van der Waals surface area contributed by atoms with Crippen LogP contribution in [0.1, 0.15) is 0 Å². The molecule has 1 N–H and O–H groups in total. The molecule has 1 aliphatic rings. The second kappa shape index (κ2) is 1.45. The van der Waals surface area contributed by atoms with E-state index >= 15 is 0 Å². The molecule has 0 saturated carbocycles. The molecule has 2 nitrogen and oxygen atoms in total. The molecule has 3 heteroatoms. The smallest absolute Gasteiger partial charge is 0.257 e. The SMILES string of the molecule is O=C1NCC1=C=S. The zero-order valence-electron chi connectivity index (χ0n) is 3.52. The van der Waals surface area contributed by atoms with E-state index < -0.39 is 0 Å². The zero-order valence-corrected chi connectivity index (χ0v) is 4.34. The molecule has 0 spiro atoms. The summed E-state index contributed by atoms with van der Waals surface area (Å²) in [6.07, 6.45) is 0. The molecular formula is C4H3NOS. The van der Waals surface area contributed by atoms with Gasteiger partial charge in [-0.3, -0.25) is 4.79 Å². The van der Waals surface area contributed by atoms with Crippen molar-refractivity contribution in [2.75, 3.05) is 6.54 Å². The maximum atomic E-state index is 10.2. The summed E-state index contributed by atoms with van der Waals surface area (Å²) in [5, 5.41) is 4.84. The third kappa shape index (κ3) is 0.557. The van der Waals surface area contributed by atoms with E-state index in [1.54, 1.807) is 0 Å². The van der Waals surface area contributed by atoms with Crippen LogP contribution >= 0.6 is 12.2 Å². The van der Waals surface area contributed by atoms with Crippen molar-refractivity contribution < 1.29 is 4.79 Å². The van der Waals surface area contributed by atoms with Crippen LogP contribution in [0.4, 0.5) is 0 Å². The Kier molecular flexibility index (Phi) is 0.929. The predicted octanol–water partition coefficient (Wildman–Crippen LogP) is -0.359. The fourth-order valence-electron chi connectivity index (χ4n) is 0.331. The molecule has 0 radical (unpaired) electrons. The van der Waals surface area contributed by atoms with Crippen molar-refractivity contribution in [3.05, 3.63) is 5.57 Å². The van der Waals surface area contributed by atoms with Gasteiger partial charge in [-0.25, -0.2) is 0 Å². The second-order valence-electron chi connectivity index (χ2n) is 1.26. The van der Waals surface area contributed by atoms with Gasteiger partial charge in [0.2, 0.25) is 0 Å². The average Bonchev–Trinajstić information content (AvgIpc) is 1.65. The van der Waals surface area contributed by atoms with Crippen molar-refractivity contribution in [2.45, 2.75) is 0 Å². The first kappa shape index (κ1) is 4.50. The Bertz CT molecular complexity index is 157. The lowest BCUT2D eigenvalue weighted by molar-refractivity contribution is -0.120. The van der Waals surface area contributed by atoms with Gasteiger partial charge >= 0.3 is 0 Å². The molecule has 7 heavy (non-hydrogen) atoms. The van der Waals surface area contributed by atoms with E-state index in [2.05, 4.69) is 22.6 Å². The van der Waals surface area contributed by atoms with Gasteiger partial charge in [0.05, 0.1) is 12.1 Å². The lowest BCUT2D eigenvalue weighted by atomic mass is 10.2. The highest BCUT2D eigenvalue weighted by atomic mass is 32.1. The topological polar surface area (TPSA) is 29.1 Å². The van der Waals surface area contributed by atoms with E-state index in [1.807, 2.05) is 0 Å². The summed E-state index contributed by atoms with van der Waals surface area (Å²) in [5.74, 6) is -0.0741. The molecule has 0 aromatic rings. The number of hydrogen-bond acceptors (Lipinski definition) is 2. The van der Waals surface area contributed by atoms with Crippen LogP contribution in [-0.2, 0) is 4.79 Å². The molecule has 1 saturated heterocycles. The number of rotatable bonds is 0. The van der Waals surface area contributed by atoms with Gasteiger partial charge in [-0.2, -0.15) is 0 Å². The molecule has 36 valence electrons. The first-order chi connectivity index (χ1) is 3.34. The number of β-lactam (4-membered cyclic amide) rings is 1. The molecule has 1 aliphatic heterocycles. The van der Waals surface area contributed by atoms with Crippen LogP contribution in [0.15, 0.2) is 5.57 Å². The third-order valence-corrected chi connectivity index (χ3v) is 1.07. The quantitative estimate of drug-likeness (QED) is 0.264. The summed E-state index contributed by atoms with van der Waals surface area (Å²) >= 11 is 4.35. The van der Waals surface area contributed by atoms with Crippen LogP contribution in [0.2, 0.25) is 0 Å². The fraction of sp³-hybridized carbons (Fsp3) is 0.250. The Morgan fingerprint density at radius 3 is 2.57 bits per heavy atom. The van der Waals surface area contributed by atoms with Crippen molar-refractivity contribution in [1.29, 1.82) is 0 Å². The van der Waals surface area contributed by atoms with E-state index in [0.29, 0.717) is 12.1 Å². The van der Waals surface area contributed by atoms with Crippen LogP contribution in [0, 0.1) is 0 Å². The lowest BCUT2D eigenvalue weighted by Gasteiger charge is -2.13. The van der Waals surface area contributed by atoms with Gasteiger partial charge in [-0.05, 0) is 17.2 Å². The standard InChI is InChI=1S/C4H3NOS/c6-4-3(2-7)1-5-4/h1H2,(H,5,6). The maximum Gasteiger partial charge on any atom is 0.257 e. The van der Waals surface area contributed by atoms with E-state index in [4.69, 9.17) is 0 Å². The summed E-state index contributed by atoms with van der Waals surface area (Å²) < 4.78 is 0. The Hall–Kier alpha value is -0.660. The lowest BCUT2D eigenvalue weighted by Crippen LogP contribution is -2.41. The van der Waals surface area contributed by atoms with Crippen molar-refractivity contribution in [2.24, 2.45) is 0 Å². The van der Waals surface area contributed by atoms with Crippen molar-refractivity contribution in [3.8, 4) is 0 Å². The van der Waals surface area contributed by atoms with E-state index in [-0.39, 0.29) is 5.91 Å². The number of hydrogen-bond donors (Lipinski definition) is 1. The molecule has 0 aromatic heterocycles. The Balaban J connectivity index is 2.79. The van der Waals surface area contributed by atoms with Gasteiger partial charge < -0.3 is 5.32 Å². The minimum atomic E-state index is -0.0741. The summed E-state index contributed by atoms with van der Waals surface area (Å²) in [6, 6.07) is 0. The molecule has 0 aliphatic carbocycles. The van der Waals surface area contributed by atoms with E-state index in [0.717, 1.165) is 0 Å². The van der Waals surface area contributed by atoms with Gasteiger partial charge in [-0.15, -0.1) is 0 Å². The molecule has 0 aromatic carbocycles. The van der Waals surface area contributed by atoms with Crippen LogP contribution in [0.5, 0.6) is 0 Å². The normalized spacial score (nSPS) is 17.1. The van der Waals surface area contributed by atoms with Crippen LogP contribution in [0.25, 0.3) is 0 Å². The molecule has 1 amide bonds. The summed E-state index contributed by atoms with van der Waals surface area (Å²) in [5.41, 5.74) is 0.593. The van der Waals surface area contributed by atoms with E-state index in [1.165, 1.54) is 0 Å². The van der Waals surface area contributed by atoms with Crippen LogP contribution in [0.3, 0.4) is 0 Å². The van der Waals surface area contributed by atoms with Crippen molar-refractivity contribution in [3.63, 3.8) is 0 Å².